The van der Waals surface area contributed by atoms with Crippen LogP contribution < -0.4 is 5.32 Å². The number of nitrogens with zero attached hydrogens (tertiary/aromatic N) is 4. The third kappa shape index (κ3) is 3.28. The second-order valence-electron chi connectivity index (χ2n) is 5.64. The van der Waals surface area contributed by atoms with E-state index < -0.39 is 0 Å². The van der Waals surface area contributed by atoms with Crippen LogP contribution in [0.4, 0.5) is 11.5 Å². The maximum atomic E-state index is 5.41. The SMILES string of the molecule is CCCc1cc(Nc2ccc(Br)cc2)n2nc(-c3ccco3)nc2n1. The van der Waals surface area contributed by atoms with Crippen LogP contribution in [0.5, 0.6) is 0 Å². The second kappa shape index (κ2) is 6.68. The minimum atomic E-state index is 0.519. The first-order chi connectivity index (χ1) is 12.2. The molecule has 0 bridgehead atoms. The number of fused-ring (bicyclic) bond motifs is 1. The van der Waals surface area contributed by atoms with Crippen LogP contribution in [-0.2, 0) is 6.42 Å². The monoisotopic (exact) mass is 397 g/mol. The first-order valence-corrected chi connectivity index (χ1v) is 8.85. The normalized spacial score (nSPS) is 11.1. The molecule has 0 saturated heterocycles. The van der Waals surface area contributed by atoms with Crippen LogP contribution in [0.15, 0.2) is 57.6 Å². The largest absolute Gasteiger partial charge is 0.461 e. The minimum Gasteiger partial charge on any atom is -0.461 e. The van der Waals surface area contributed by atoms with Crippen molar-refractivity contribution in [2.24, 2.45) is 0 Å². The van der Waals surface area contributed by atoms with Gasteiger partial charge >= 0.3 is 0 Å². The van der Waals surface area contributed by atoms with Crippen LogP contribution >= 0.6 is 15.9 Å². The molecule has 7 heteroatoms. The number of rotatable bonds is 5. The van der Waals surface area contributed by atoms with Gasteiger partial charge in [-0.3, -0.25) is 0 Å². The van der Waals surface area contributed by atoms with Gasteiger partial charge in [0.25, 0.3) is 5.78 Å². The number of halogens is 1. The zero-order chi connectivity index (χ0) is 17.2. The van der Waals surface area contributed by atoms with Gasteiger partial charge in [-0.05, 0) is 42.8 Å². The number of furan rings is 1. The summed E-state index contributed by atoms with van der Waals surface area (Å²) in [6.45, 7) is 2.13. The average molecular weight is 398 g/mol. The molecule has 0 saturated carbocycles. The maximum absolute atomic E-state index is 5.41. The molecule has 1 N–H and O–H groups in total. The summed E-state index contributed by atoms with van der Waals surface area (Å²) in [5.74, 6) is 2.51. The molecule has 1 aromatic carbocycles. The van der Waals surface area contributed by atoms with Gasteiger partial charge < -0.3 is 9.73 Å². The molecule has 25 heavy (non-hydrogen) atoms. The van der Waals surface area contributed by atoms with Gasteiger partial charge in [0, 0.05) is 21.9 Å². The summed E-state index contributed by atoms with van der Waals surface area (Å²) in [6.07, 6.45) is 3.51. The lowest BCUT2D eigenvalue weighted by Gasteiger charge is -2.09. The quantitative estimate of drug-likeness (QED) is 0.521. The van der Waals surface area contributed by atoms with Crippen molar-refractivity contribution in [1.82, 2.24) is 19.6 Å². The third-order valence-corrected chi connectivity index (χ3v) is 4.26. The number of hydrogen-bond acceptors (Lipinski definition) is 5. The number of benzene rings is 1. The predicted octanol–water partition coefficient (Wildman–Crippen LogP) is 4.84. The fourth-order valence-corrected chi connectivity index (χ4v) is 2.85. The van der Waals surface area contributed by atoms with Gasteiger partial charge in [0.1, 0.15) is 5.82 Å². The summed E-state index contributed by atoms with van der Waals surface area (Å²) < 4.78 is 8.15. The first-order valence-electron chi connectivity index (χ1n) is 8.06. The van der Waals surface area contributed by atoms with Gasteiger partial charge in [0.05, 0.1) is 6.26 Å². The molecule has 0 unspecified atom stereocenters. The van der Waals surface area contributed by atoms with E-state index in [9.17, 15) is 0 Å². The van der Waals surface area contributed by atoms with E-state index in [0.717, 1.165) is 34.5 Å². The highest BCUT2D eigenvalue weighted by atomic mass is 79.9. The Bertz CT molecular complexity index is 992. The topological polar surface area (TPSA) is 68.2 Å². The summed E-state index contributed by atoms with van der Waals surface area (Å²) in [5.41, 5.74) is 1.95. The number of aryl methyl sites for hydroxylation is 1. The zero-order valence-electron chi connectivity index (χ0n) is 13.6. The minimum absolute atomic E-state index is 0.519. The molecule has 0 amide bonds. The number of nitrogens with one attached hydrogen (secondary N) is 1. The fourth-order valence-electron chi connectivity index (χ4n) is 2.58. The lowest BCUT2D eigenvalue weighted by Crippen LogP contribution is -2.04. The summed E-state index contributed by atoms with van der Waals surface area (Å²) in [6, 6.07) is 13.6. The summed E-state index contributed by atoms with van der Waals surface area (Å²) in [5, 5.41) is 7.95. The Kier molecular flexibility index (Phi) is 4.23. The second-order valence-corrected chi connectivity index (χ2v) is 6.55. The van der Waals surface area contributed by atoms with E-state index in [4.69, 9.17) is 4.42 Å². The van der Waals surface area contributed by atoms with E-state index in [1.165, 1.54) is 0 Å². The van der Waals surface area contributed by atoms with Gasteiger partial charge in [-0.15, -0.1) is 5.10 Å². The van der Waals surface area contributed by atoms with Crippen molar-refractivity contribution in [3.8, 4) is 11.6 Å². The molecule has 0 atom stereocenters. The van der Waals surface area contributed by atoms with Crippen LogP contribution in [0.2, 0.25) is 0 Å². The Balaban J connectivity index is 1.80. The van der Waals surface area contributed by atoms with Crippen molar-refractivity contribution in [1.29, 1.82) is 0 Å². The highest BCUT2D eigenvalue weighted by molar-refractivity contribution is 9.10. The third-order valence-electron chi connectivity index (χ3n) is 3.73. The molecule has 126 valence electrons. The molecule has 4 rings (SSSR count). The fraction of sp³-hybridized carbons (Fsp3) is 0.167. The maximum Gasteiger partial charge on any atom is 0.255 e. The highest BCUT2D eigenvalue weighted by Crippen LogP contribution is 2.23. The Morgan fingerprint density at radius 3 is 2.72 bits per heavy atom. The van der Waals surface area contributed by atoms with E-state index >= 15 is 0 Å². The lowest BCUT2D eigenvalue weighted by molar-refractivity contribution is 0.577. The number of hydrogen-bond donors (Lipinski definition) is 1. The Labute approximate surface area is 153 Å². The number of aromatic nitrogens is 4. The molecule has 0 aliphatic heterocycles. The summed E-state index contributed by atoms with van der Waals surface area (Å²) >= 11 is 3.45. The van der Waals surface area contributed by atoms with Crippen LogP contribution in [0.3, 0.4) is 0 Å². The van der Waals surface area contributed by atoms with E-state index in [0.29, 0.717) is 17.4 Å². The molecular weight excluding hydrogens is 382 g/mol. The Morgan fingerprint density at radius 2 is 2.00 bits per heavy atom. The van der Waals surface area contributed by atoms with Crippen LogP contribution in [0, 0.1) is 0 Å². The van der Waals surface area contributed by atoms with Crippen LogP contribution in [-0.4, -0.2) is 19.6 Å². The van der Waals surface area contributed by atoms with Crippen molar-refractivity contribution in [3.05, 3.63) is 58.9 Å². The van der Waals surface area contributed by atoms with Crippen molar-refractivity contribution in [2.75, 3.05) is 5.32 Å². The van der Waals surface area contributed by atoms with Gasteiger partial charge in [-0.25, -0.2) is 4.98 Å². The van der Waals surface area contributed by atoms with Gasteiger partial charge in [-0.1, -0.05) is 29.3 Å². The lowest BCUT2D eigenvalue weighted by atomic mass is 10.2. The standard InChI is InChI=1S/C18H16BrN5O/c1-2-4-14-11-16(20-13-8-6-12(19)7-9-13)24-18(21-14)22-17(23-24)15-5-3-10-25-15/h3,5-11,20H,2,4H2,1H3. The summed E-state index contributed by atoms with van der Waals surface area (Å²) in [7, 11) is 0. The summed E-state index contributed by atoms with van der Waals surface area (Å²) in [4.78, 5) is 9.13. The molecule has 0 spiro atoms. The van der Waals surface area contributed by atoms with Gasteiger partial charge in [0.2, 0.25) is 5.82 Å². The molecular formula is C18H16BrN5O. The molecule has 0 aliphatic rings. The van der Waals surface area contributed by atoms with E-state index in [1.54, 1.807) is 10.8 Å². The molecule has 0 radical (unpaired) electrons. The van der Waals surface area contributed by atoms with Gasteiger partial charge in [0.15, 0.2) is 5.76 Å². The molecule has 6 nitrogen and oxygen atoms in total. The molecule has 0 fully saturated rings. The van der Waals surface area contributed by atoms with Crippen molar-refractivity contribution in [3.63, 3.8) is 0 Å². The molecule has 4 aromatic rings. The molecule has 3 aromatic heterocycles. The number of anilines is 2. The first kappa shape index (κ1) is 15.8. The van der Waals surface area contributed by atoms with Crippen molar-refractivity contribution >= 4 is 33.2 Å². The molecule has 0 aliphatic carbocycles. The average Bonchev–Trinajstić information content (AvgIpc) is 3.26. The zero-order valence-corrected chi connectivity index (χ0v) is 15.2. The van der Waals surface area contributed by atoms with Crippen LogP contribution in [0.25, 0.3) is 17.4 Å². The molecule has 3 heterocycles. The van der Waals surface area contributed by atoms with E-state index in [-0.39, 0.29) is 0 Å². The van der Waals surface area contributed by atoms with Crippen molar-refractivity contribution in [2.45, 2.75) is 19.8 Å². The van der Waals surface area contributed by atoms with Crippen molar-refractivity contribution < 1.29 is 4.42 Å². The van der Waals surface area contributed by atoms with E-state index in [1.807, 2.05) is 42.5 Å². The van der Waals surface area contributed by atoms with Gasteiger partial charge in [-0.2, -0.15) is 9.50 Å². The Morgan fingerprint density at radius 1 is 1.16 bits per heavy atom. The smallest absolute Gasteiger partial charge is 0.255 e. The Hall–Kier alpha value is -2.67. The predicted molar refractivity (Wildman–Crippen MR) is 99.9 cm³/mol. The van der Waals surface area contributed by atoms with Crippen LogP contribution in [0.1, 0.15) is 19.0 Å². The van der Waals surface area contributed by atoms with E-state index in [2.05, 4.69) is 43.2 Å². The highest BCUT2D eigenvalue weighted by Gasteiger charge is 2.14.